The number of benzene rings is 1. The number of aliphatic hydroxyl groups excluding tert-OH is 1. The summed E-state index contributed by atoms with van der Waals surface area (Å²) in [6.07, 6.45) is -0.336. The maximum atomic E-state index is 12.1. The van der Waals surface area contributed by atoms with Crippen molar-refractivity contribution in [3.63, 3.8) is 0 Å². The molecule has 0 radical (unpaired) electrons. The maximum Gasteiger partial charge on any atom is 0.379 e. The lowest BCUT2D eigenvalue weighted by Crippen LogP contribution is -2.61. The molecular weight excluding hydrogens is 224 g/mol. The highest BCUT2D eigenvalue weighted by Crippen LogP contribution is 2.22. The van der Waals surface area contributed by atoms with Gasteiger partial charge in [0, 0.05) is 5.56 Å². The van der Waals surface area contributed by atoms with Crippen molar-refractivity contribution in [3.05, 3.63) is 35.4 Å². The van der Waals surface area contributed by atoms with Gasteiger partial charge in [-0.25, -0.2) is 4.79 Å². The van der Waals surface area contributed by atoms with Crippen molar-refractivity contribution in [1.82, 2.24) is 0 Å². The summed E-state index contributed by atoms with van der Waals surface area (Å²) < 4.78 is -1.24. The van der Waals surface area contributed by atoms with E-state index >= 15 is 0 Å². The minimum absolute atomic E-state index is 0.264. The molecule has 0 saturated heterocycles. The van der Waals surface area contributed by atoms with Gasteiger partial charge in [0.1, 0.15) is 6.54 Å². The Hall–Kier alpha value is -2.05. The Morgan fingerprint density at radius 1 is 1.41 bits per heavy atom. The normalized spacial score (nSPS) is 22.3. The highest BCUT2D eigenvalue weighted by molar-refractivity contribution is 6.04. The minimum Gasteiger partial charge on any atom is -0.496 e. The molecule has 1 aliphatic heterocycles. The van der Waals surface area contributed by atoms with Crippen LogP contribution in [-0.2, 0) is 0 Å². The quantitative estimate of drug-likeness (QED) is 0.687. The first-order valence-corrected chi connectivity index (χ1v) is 5.02. The smallest absolute Gasteiger partial charge is 0.379 e. The number of carbonyl (C=O) groups excluding carboxylic acids is 2. The molecule has 1 unspecified atom stereocenters. The second-order valence-electron chi connectivity index (χ2n) is 3.62. The average molecular weight is 234 g/mol. The second kappa shape index (κ2) is 4.08. The average Bonchev–Trinajstić information content (AvgIpc) is 2.33. The van der Waals surface area contributed by atoms with Crippen LogP contribution in [0.5, 0.6) is 0 Å². The number of fused-ring (bicyclic) bond motifs is 1. The van der Waals surface area contributed by atoms with E-state index in [9.17, 15) is 14.7 Å². The molecule has 1 N–H and O–H groups in total. The van der Waals surface area contributed by atoms with Crippen LogP contribution in [-0.4, -0.2) is 41.1 Å². The van der Waals surface area contributed by atoms with Crippen molar-refractivity contribution in [2.24, 2.45) is 5.10 Å². The molecule has 1 heterocycles. The number of nitrogens with zero attached hydrogens (tertiary/aromatic N) is 2. The van der Waals surface area contributed by atoms with E-state index in [-0.39, 0.29) is 12.1 Å². The Morgan fingerprint density at radius 2 is 2.12 bits per heavy atom. The highest BCUT2D eigenvalue weighted by Gasteiger charge is 2.43. The Labute approximate surface area is 97.0 Å². The van der Waals surface area contributed by atoms with Crippen molar-refractivity contribution in [1.29, 1.82) is 0 Å². The van der Waals surface area contributed by atoms with E-state index in [4.69, 9.17) is 5.11 Å². The van der Waals surface area contributed by atoms with E-state index in [1.165, 1.54) is 12.3 Å². The lowest BCUT2D eigenvalue weighted by Gasteiger charge is -2.30. The standard InChI is InChI=1S/C11H10N2O4/c14-6-5-13(11(16)17)10(15)9-4-2-1-3-8(9)7-12-13/h1-4,7,14H,5-6H2. The van der Waals surface area contributed by atoms with Gasteiger partial charge in [-0.1, -0.05) is 27.9 Å². The van der Waals surface area contributed by atoms with Gasteiger partial charge in [0.15, 0.2) is 0 Å². The maximum absolute atomic E-state index is 12.1. The molecule has 17 heavy (non-hydrogen) atoms. The van der Waals surface area contributed by atoms with Crippen LogP contribution in [0.25, 0.3) is 0 Å². The molecule has 1 aromatic rings. The van der Waals surface area contributed by atoms with Gasteiger partial charge < -0.3 is 15.0 Å². The van der Waals surface area contributed by atoms with Gasteiger partial charge in [0.2, 0.25) is 0 Å². The van der Waals surface area contributed by atoms with Crippen LogP contribution in [0, 0.1) is 0 Å². The Kier molecular flexibility index (Phi) is 2.74. The van der Waals surface area contributed by atoms with E-state index in [0.717, 1.165) is 0 Å². The SMILES string of the molecule is O=C([O-])[N+]1(CCO)N=Cc2ccccc2C1=O. The number of carbonyl (C=O) groups is 2. The molecule has 1 aromatic carbocycles. The summed E-state index contributed by atoms with van der Waals surface area (Å²) in [4.78, 5) is 23.2. The molecule has 1 aliphatic rings. The summed E-state index contributed by atoms with van der Waals surface area (Å²) in [6.45, 7) is -0.814. The van der Waals surface area contributed by atoms with Gasteiger partial charge in [-0.05, 0) is 6.07 Å². The number of hydrogen-bond donors (Lipinski definition) is 1. The van der Waals surface area contributed by atoms with Gasteiger partial charge in [-0.15, -0.1) is 0 Å². The van der Waals surface area contributed by atoms with Crippen LogP contribution < -0.4 is 5.11 Å². The summed E-state index contributed by atoms with van der Waals surface area (Å²) in [5.74, 6) is -0.697. The third-order valence-electron chi connectivity index (χ3n) is 2.65. The topological polar surface area (TPSA) is 89.8 Å². The molecular formula is C11H10N2O4. The van der Waals surface area contributed by atoms with Crippen LogP contribution in [0.15, 0.2) is 29.4 Å². The zero-order chi connectivity index (χ0) is 12.5. The second-order valence-corrected chi connectivity index (χ2v) is 3.62. The van der Waals surface area contributed by atoms with Crippen molar-refractivity contribution in [2.75, 3.05) is 13.2 Å². The third-order valence-corrected chi connectivity index (χ3v) is 2.65. The molecule has 6 nitrogen and oxygen atoms in total. The van der Waals surface area contributed by atoms with Crippen LogP contribution >= 0.6 is 0 Å². The number of rotatable bonds is 2. The number of carboxylic acid groups (broad SMARTS) is 1. The van der Waals surface area contributed by atoms with E-state index in [1.54, 1.807) is 18.2 Å². The van der Waals surface area contributed by atoms with Gasteiger partial charge in [-0.2, -0.15) is 0 Å². The monoisotopic (exact) mass is 234 g/mol. The molecule has 2 rings (SSSR count). The molecule has 0 fully saturated rings. The first kappa shape index (κ1) is 11.4. The predicted octanol–water partition coefficient (Wildman–Crippen LogP) is -0.673. The van der Waals surface area contributed by atoms with Crippen LogP contribution in [0.3, 0.4) is 0 Å². The molecule has 0 bridgehead atoms. The number of quaternary nitrogens is 1. The predicted molar refractivity (Wildman–Crippen MR) is 56.0 cm³/mol. The number of hydrogen-bond acceptors (Lipinski definition) is 5. The summed E-state index contributed by atoms with van der Waals surface area (Å²) in [6, 6.07) is 6.55. The Bertz CT molecular complexity index is 512. The summed E-state index contributed by atoms with van der Waals surface area (Å²) in [5, 5.41) is 23.7. The molecule has 2 amide bonds. The van der Waals surface area contributed by atoms with Gasteiger partial charge in [-0.3, -0.25) is 0 Å². The number of amides is 2. The van der Waals surface area contributed by atoms with Gasteiger partial charge in [0.25, 0.3) is 6.09 Å². The zero-order valence-electron chi connectivity index (χ0n) is 8.87. The van der Waals surface area contributed by atoms with E-state index in [1.807, 2.05) is 0 Å². The van der Waals surface area contributed by atoms with Crippen LogP contribution in [0.4, 0.5) is 4.79 Å². The third kappa shape index (κ3) is 1.63. The Balaban J connectivity index is 2.55. The fourth-order valence-corrected chi connectivity index (χ4v) is 1.74. The fourth-order valence-electron chi connectivity index (χ4n) is 1.74. The first-order chi connectivity index (χ1) is 8.12. The van der Waals surface area contributed by atoms with Crippen molar-refractivity contribution in [2.45, 2.75) is 0 Å². The van der Waals surface area contributed by atoms with Gasteiger partial charge >= 0.3 is 5.91 Å². The van der Waals surface area contributed by atoms with Crippen molar-refractivity contribution >= 4 is 18.2 Å². The lowest BCUT2D eigenvalue weighted by atomic mass is 10.1. The van der Waals surface area contributed by atoms with Crippen LogP contribution in [0.2, 0.25) is 0 Å². The number of imide groups is 1. The number of aliphatic hydroxyl groups is 1. The molecule has 88 valence electrons. The van der Waals surface area contributed by atoms with Crippen molar-refractivity contribution in [3.8, 4) is 0 Å². The molecule has 6 heteroatoms. The molecule has 0 aliphatic carbocycles. The molecule has 0 spiro atoms. The zero-order valence-corrected chi connectivity index (χ0v) is 8.87. The largest absolute Gasteiger partial charge is 0.496 e. The van der Waals surface area contributed by atoms with E-state index in [2.05, 4.69) is 5.10 Å². The van der Waals surface area contributed by atoms with Crippen molar-refractivity contribution < 1.29 is 24.4 Å². The Morgan fingerprint density at radius 3 is 2.76 bits per heavy atom. The summed E-state index contributed by atoms with van der Waals surface area (Å²) in [7, 11) is 0. The summed E-state index contributed by atoms with van der Waals surface area (Å²) >= 11 is 0. The molecule has 1 atom stereocenters. The fraction of sp³-hybridized carbons (Fsp3) is 0.182. The minimum atomic E-state index is -1.64. The van der Waals surface area contributed by atoms with Gasteiger partial charge in [0.05, 0.1) is 18.4 Å². The lowest BCUT2D eigenvalue weighted by molar-refractivity contribution is -0.806. The van der Waals surface area contributed by atoms with Crippen LogP contribution in [0.1, 0.15) is 15.9 Å². The van der Waals surface area contributed by atoms with E-state index in [0.29, 0.717) is 5.56 Å². The summed E-state index contributed by atoms with van der Waals surface area (Å²) in [5.41, 5.74) is 0.825. The van der Waals surface area contributed by atoms with E-state index < -0.39 is 23.2 Å². The highest BCUT2D eigenvalue weighted by atomic mass is 16.4. The molecule has 0 aromatic heterocycles. The molecule has 0 saturated carbocycles. The first-order valence-electron chi connectivity index (χ1n) is 5.02.